The molecule has 3 nitrogen and oxygen atoms in total. The van der Waals surface area contributed by atoms with Crippen molar-refractivity contribution in [3.63, 3.8) is 0 Å². The molecule has 1 aliphatic rings. The van der Waals surface area contributed by atoms with Gasteiger partial charge in [-0.2, -0.15) is 0 Å². The van der Waals surface area contributed by atoms with Gasteiger partial charge in [0.15, 0.2) is 0 Å². The molecular weight excluding hydrogens is 252 g/mol. The zero-order valence-corrected chi connectivity index (χ0v) is 13.5. The molecule has 3 heteroatoms. The van der Waals surface area contributed by atoms with Crippen LogP contribution in [0.1, 0.15) is 78.1 Å². The molecule has 0 aliphatic carbocycles. The van der Waals surface area contributed by atoms with Crippen molar-refractivity contribution in [1.29, 1.82) is 0 Å². The predicted molar refractivity (Wildman–Crippen MR) is 83.0 cm³/mol. The molecule has 20 heavy (non-hydrogen) atoms. The van der Waals surface area contributed by atoms with E-state index in [1.165, 1.54) is 38.5 Å². The van der Waals surface area contributed by atoms with Gasteiger partial charge in [-0.15, -0.1) is 0 Å². The molecule has 0 aromatic heterocycles. The highest BCUT2D eigenvalue weighted by atomic mass is 16.5. The van der Waals surface area contributed by atoms with E-state index < -0.39 is 0 Å². The Bertz CT molecular complexity index is 219. The number of aliphatic hydroxyl groups is 1. The fourth-order valence-corrected chi connectivity index (χ4v) is 3.14. The zero-order valence-electron chi connectivity index (χ0n) is 13.5. The van der Waals surface area contributed by atoms with E-state index in [1.54, 1.807) is 0 Å². The van der Waals surface area contributed by atoms with Crippen LogP contribution in [-0.2, 0) is 9.47 Å². The third kappa shape index (κ3) is 6.11. The number of hydrogen-bond acceptors (Lipinski definition) is 3. The molecule has 0 spiro atoms. The van der Waals surface area contributed by atoms with E-state index in [1.807, 2.05) is 6.92 Å². The van der Waals surface area contributed by atoms with Gasteiger partial charge in [0.1, 0.15) is 0 Å². The Kier molecular flexibility index (Phi) is 9.49. The summed E-state index contributed by atoms with van der Waals surface area (Å²) in [6.45, 7) is 6.37. The molecule has 0 amide bonds. The summed E-state index contributed by atoms with van der Waals surface area (Å²) >= 11 is 0. The molecule has 0 bridgehead atoms. The van der Waals surface area contributed by atoms with Gasteiger partial charge in [0.05, 0.1) is 11.7 Å². The molecule has 1 aliphatic heterocycles. The minimum absolute atomic E-state index is 0.331. The van der Waals surface area contributed by atoms with Crippen molar-refractivity contribution in [1.82, 2.24) is 0 Å². The molecule has 0 aromatic rings. The standard InChI is InChI=1S/C17H34O3/c1-3-5-6-7-8-9-10-11-16(18)17(20-4-2)12-14-19-15-13-17/h16,18H,3-15H2,1-2H3. The van der Waals surface area contributed by atoms with Crippen molar-refractivity contribution in [2.45, 2.75) is 89.8 Å². The molecule has 1 unspecified atom stereocenters. The lowest BCUT2D eigenvalue weighted by Gasteiger charge is -2.40. The van der Waals surface area contributed by atoms with Gasteiger partial charge >= 0.3 is 0 Å². The van der Waals surface area contributed by atoms with Crippen LogP contribution in [0.2, 0.25) is 0 Å². The molecule has 1 rings (SSSR count). The Morgan fingerprint density at radius 2 is 1.60 bits per heavy atom. The first-order valence-corrected chi connectivity index (χ1v) is 8.65. The fourth-order valence-electron chi connectivity index (χ4n) is 3.14. The number of hydrogen-bond donors (Lipinski definition) is 1. The van der Waals surface area contributed by atoms with Gasteiger partial charge in [0.2, 0.25) is 0 Å². The highest BCUT2D eigenvalue weighted by molar-refractivity contribution is 4.90. The van der Waals surface area contributed by atoms with Crippen LogP contribution in [0.15, 0.2) is 0 Å². The van der Waals surface area contributed by atoms with Gasteiger partial charge in [-0.25, -0.2) is 0 Å². The minimum atomic E-state index is -0.338. The first-order valence-electron chi connectivity index (χ1n) is 8.65. The Balaban J connectivity index is 2.19. The second kappa shape index (κ2) is 10.6. The van der Waals surface area contributed by atoms with E-state index in [2.05, 4.69) is 6.92 Å². The molecule has 1 atom stereocenters. The van der Waals surface area contributed by atoms with Gasteiger partial charge < -0.3 is 14.6 Å². The number of unbranched alkanes of at least 4 members (excludes halogenated alkanes) is 6. The highest BCUT2D eigenvalue weighted by Crippen LogP contribution is 2.31. The summed E-state index contributed by atoms with van der Waals surface area (Å²) in [6, 6.07) is 0. The maximum Gasteiger partial charge on any atom is 0.0983 e. The summed E-state index contributed by atoms with van der Waals surface area (Å²) in [5.74, 6) is 0. The van der Waals surface area contributed by atoms with Crippen molar-refractivity contribution < 1.29 is 14.6 Å². The third-order valence-corrected chi connectivity index (χ3v) is 4.46. The van der Waals surface area contributed by atoms with Crippen molar-refractivity contribution in [2.24, 2.45) is 0 Å². The Morgan fingerprint density at radius 3 is 2.20 bits per heavy atom. The molecule has 0 aromatic carbocycles. The van der Waals surface area contributed by atoms with Gasteiger partial charge in [-0.1, -0.05) is 51.9 Å². The van der Waals surface area contributed by atoms with E-state index in [0.717, 1.165) is 25.7 Å². The number of aliphatic hydroxyl groups excluding tert-OH is 1. The smallest absolute Gasteiger partial charge is 0.0983 e. The van der Waals surface area contributed by atoms with E-state index in [0.29, 0.717) is 19.8 Å². The molecule has 1 saturated heterocycles. The lowest BCUT2D eigenvalue weighted by molar-refractivity contribution is -0.167. The van der Waals surface area contributed by atoms with Crippen molar-refractivity contribution in [3.05, 3.63) is 0 Å². The number of ether oxygens (including phenoxy) is 2. The van der Waals surface area contributed by atoms with Gasteiger partial charge in [0, 0.05) is 32.7 Å². The monoisotopic (exact) mass is 286 g/mol. The Hall–Kier alpha value is -0.120. The van der Waals surface area contributed by atoms with E-state index in [-0.39, 0.29) is 11.7 Å². The van der Waals surface area contributed by atoms with Crippen molar-refractivity contribution in [2.75, 3.05) is 19.8 Å². The summed E-state index contributed by atoms with van der Waals surface area (Å²) in [6.07, 6.45) is 11.2. The molecule has 1 fully saturated rings. The molecule has 1 heterocycles. The summed E-state index contributed by atoms with van der Waals surface area (Å²) in [5, 5.41) is 10.5. The van der Waals surface area contributed by atoms with E-state index in [9.17, 15) is 5.11 Å². The van der Waals surface area contributed by atoms with Crippen molar-refractivity contribution in [3.8, 4) is 0 Å². The quantitative estimate of drug-likeness (QED) is 0.582. The first-order chi connectivity index (χ1) is 9.75. The predicted octanol–water partition coefficient (Wildman–Crippen LogP) is 4.07. The van der Waals surface area contributed by atoms with Crippen molar-refractivity contribution >= 4 is 0 Å². The average molecular weight is 286 g/mol. The maximum absolute atomic E-state index is 10.5. The SMILES string of the molecule is CCCCCCCCCC(O)C1(OCC)CCOCC1. The van der Waals surface area contributed by atoms with Crippen LogP contribution >= 0.6 is 0 Å². The first kappa shape index (κ1) is 17.9. The summed E-state index contributed by atoms with van der Waals surface area (Å²) in [7, 11) is 0. The topological polar surface area (TPSA) is 38.7 Å². The Morgan fingerprint density at radius 1 is 1.00 bits per heavy atom. The lowest BCUT2D eigenvalue weighted by Crippen LogP contribution is -2.49. The molecule has 0 saturated carbocycles. The lowest BCUT2D eigenvalue weighted by atomic mass is 9.85. The van der Waals surface area contributed by atoms with Gasteiger partial charge in [-0.3, -0.25) is 0 Å². The van der Waals surface area contributed by atoms with Crippen LogP contribution in [0.4, 0.5) is 0 Å². The second-order valence-electron chi connectivity index (χ2n) is 6.04. The molecular formula is C17H34O3. The van der Waals surface area contributed by atoms with Crippen LogP contribution in [0, 0.1) is 0 Å². The molecule has 1 N–H and O–H groups in total. The van der Waals surface area contributed by atoms with Crippen LogP contribution in [0.25, 0.3) is 0 Å². The van der Waals surface area contributed by atoms with Gasteiger partial charge in [-0.05, 0) is 13.3 Å². The van der Waals surface area contributed by atoms with Crippen LogP contribution < -0.4 is 0 Å². The fraction of sp³-hybridized carbons (Fsp3) is 1.00. The maximum atomic E-state index is 10.5. The van der Waals surface area contributed by atoms with E-state index in [4.69, 9.17) is 9.47 Å². The minimum Gasteiger partial charge on any atom is -0.390 e. The zero-order chi connectivity index (χ0) is 14.7. The normalized spacial score (nSPS) is 19.9. The van der Waals surface area contributed by atoms with Crippen LogP contribution in [-0.4, -0.2) is 36.6 Å². The highest BCUT2D eigenvalue weighted by Gasteiger charge is 2.39. The van der Waals surface area contributed by atoms with E-state index >= 15 is 0 Å². The Labute approximate surface area is 125 Å². The summed E-state index contributed by atoms with van der Waals surface area (Å²) < 4.78 is 11.3. The number of rotatable bonds is 11. The molecule has 0 radical (unpaired) electrons. The van der Waals surface area contributed by atoms with Crippen LogP contribution in [0.5, 0.6) is 0 Å². The average Bonchev–Trinajstić information content (AvgIpc) is 2.47. The third-order valence-electron chi connectivity index (χ3n) is 4.46. The van der Waals surface area contributed by atoms with Gasteiger partial charge in [0.25, 0.3) is 0 Å². The summed E-state index contributed by atoms with van der Waals surface area (Å²) in [5.41, 5.74) is -0.338. The largest absolute Gasteiger partial charge is 0.390 e. The molecule has 120 valence electrons. The van der Waals surface area contributed by atoms with Crippen LogP contribution in [0.3, 0.4) is 0 Å². The second-order valence-corrected chi connectivity index (χ2v) is 6.04. The summed E-state index contributed by atoms with van der Waals surface area (Å²) in [4.78, 5) is 0.